The molecule has 0 unspecified atom stereocenters. The Bertz CT molecular complexity index is 2640. The van der Waals surface area contributed by atoms with Crippen molar-refractivity contribution in [1.82, 2.24) is 21.3 Å². The Morgan fingerprint density at radius 1 is 0.545 bits per heavy atom. The van der Waals surface area contributed by atoms with Crippen molar-refractivity contribution >= 4 is 35.8 Å². The third-order valence-corrected chi connectivity index (χ3v) is 12.2. The smallest absolute Gasteiger partial charge is 0.408 e. The van der Waals surface area contributed by atoms with Gasteiger partial charge in [-0.15, -0.1) is 0 Å². The van der Waals surface area contributed by atoms with E-state index >= 15 is 0 Å². The Morgan fingerprint density at radius 3 is 1.53 bits per heavy atom. The Balaban J connectivity index is 1.34. The first-order valence-corrected chi connectivity index (χ1v) is 25.9. The second kappa shape index (κ2) is 29.2. The molecule has 5 aromatic carbocycles. The molecule has 6 rings (SSSR count). The van der Waals surface area contributed by atoms with E-state index in [1.165, 1.54) is 0 Å². The topological polar surface area (TPSA) is 215 Å². The van der Waals surface area contributed by atoms with Crippen molar-refractivity contribution in [2.24, 2.45) is 11.8 Å². The van der Waals surface area contributed by atoms with Crippen molar-refractivity contribution in [3.63, 3.8) is 0 Å². The van der Waals surface area contributed by atoms with Gasteiger partial charge in [-0.1, -0.05) is 167 Å². The van der Waals surface area contributed by atoms with Crippen LogP contribution in [-0.4, -0.2) is 96.7 Å². The van der Waals surface area contributed by atoms with E-state index in [0.717, 1.165) is 22.3 Å². The number of nitrogens with one attached hydrogen (secondary N) is 4. The lowest BCUT2D eigenvalue weighted by atomic mass is 9.96. The van der Waals surface area contributed by atoms with Gasteiger partial charge >= 0.3 is 18.0 Å². The van der Waals surface area contributed by atoms with Gasteiger partial charge in [-0.3, -0.25) is 14.4 Å². The summed E-state index contributed by atoms with van der Waals surface area (Å²) in [5.41, 5.74) is 2.53. The first-order chi connectivity index (χ1) is 36.9. The van der Waals surface area contributed by atoms with Crippen LogP contribution in [0.25, 0.3) is 0 Å². The molecule has 1 saturated heterocycles. The van der Waals surface area contributed by atoms with Gasteiger partial charge in [0.25, 0.3) is 0 Å². The lowest BCUT2D eigenvalue weighted by molar-refractivity contribution is -0.265. The van der Waals surface area contributed by atoms with Crippen molar-refractivity contribution in [1.29, 1.82) is 0 Å². The Hall–Kier alpha value is -7.44. The van der Waals surface area contributed by atoms with Gasteiger partial charge in [0.1, 0.15) is 48.6 Å². The van der Waals surface area contributed by atoms with Gasteiger partial charge in [0.05, 0.1) is 38.4 Å². The second-order valence-electron chi connectivity index (χ2n) is 20.4. The molecule has 1 aliphatic heterocycles. The summed E-state index contributed by atoms with van der Waals surface area (Å²) in [4.78, 5) is 84.5. The van der Waals surface area contributed by atoms with Crippen LogP contribution in [-0.2, 0) is 78.8 Å². The van der Waals surface area contributed by atoms with E-state index in [1.807, 2.05) is 97.1 Å². The fourth-order valence-electron chi connectivity index (χ4n) is 8.27. The van der Waals surface area contributed by atoms with Crippen LogP contribution in [0.3, 0.4) is 0 Å². The normalized spacial score (nSPS) is 18.5. The minimum atomic E-state index is -1.67. The van der Waals surface area contributed by atoms with Crippen LogP contribution in [0.5, 0.6) is 0 Å². The third kappa shape index (κ3) is 19.0. The van der Waals surface area contributed by atoms with E-state index in [2.05, 4.69) is 21.3 Å². The summed E-state index contributed by atoms with van der Waals surface area (Å²) in [5.74, 6) is -5.10. The van der Waals surface area contributed by atoms with Gasteiger partial charge in [0.15, 0.2) is 12.3 Å². The number of hydrogen-bond donors (Lipinski definition) is 4. The summed E-state index contributed by atoms with van der Waals surface area (Å²) in [6.07, 6.45) is -7.60. The largest absolute Gasteiger partial charge is 0.458 e. The Kier molecular flexibility index (Phi) is 22.3. The molecule has 1 aliphatic rings. The molecule has 0 bridgehead atoms. The average molecular weight is 1060 g/mol. The molecule has 410 valence electrons. The molecule has 0 spiro atoms. The highest BCUT2D eigenvalue weighted by atomic mass is 16.6. The summed E-state index contributed by atoms with van der Waals surface area (Å²) in [6, 6.07) is 41.5. The number of benzene rings is 5. The molecule has 1 heterocycles. The minimum Gasteiger partial charge on any atom is -0.458 e. The number of carbonyl (C=O) groups is 6. The highest BCUT2D eigenvalue weighted by molar-refractivity contribution is 5.96. The van der Waals surface area contributed by atoms with E-state index in [-0.39, 0.29) is 38.6 Å². The number of esters is 2. The Labute approximate surface area is 451 Å². The predicted molar refractivity (Wildman–Crippen MR) is 286 cm³/mol. The molecule has 77 heavy (non-hydrogen) atoms. The highest BCUT2D eigenvalue weighted by Crippen LogP contribution is 2.31. The average Bonchev–Trinajstić information content (AvgIpc) is 3.41. The van der Waals surface area contributed by atoms with Crippen LogP contribution < -0.4 is 21.3 Å². The van der Waals surface area contributed by atoms with Gasteiger partial charge in [0.2, 0.25) is 17.7 Å². The number of alkyl carbamates (subject to hydrolysis) is 1. The first kappa shape index (κ1) is 58.8. The van der Waals surface area contributed by atoms with Gasteiger partial charge in [-0.25, -0.2) is 14.4 Å². The molecular weight excluding hydrogens is 985 g/mol. The van der Waals surface area contributed by atoms with Crippen LogP contribution in [0.4, 0.5) is 4.79 Å². The lowest BCUT2D eigenvalue weighted by Crippen LogP contribution is -2.66. The predicted octanol–water partition coefficient (Wildman–Crippen LogP) is 7.75. The molecule has 0 saturated carbocycles. The second-order valence-corrected chi connectivity index (χ2v) is 20.4. The zero-order valence-electron chi connectivity index (χ0n) is 44.8. The molecule has 5 aromatic rings. The van der Waals surface area contributed by atoms with Crippen molar-refractivity contribution < 1.29 is 61.9 Å². The third-order valence-electron chi connectivity index (χ3n) is 12.2. The molecule has 0 aliphatic carbocycles. The van der Waals surface area contributed by atoms with Crippen molar-refractivity contribution in [3.8, 4) is 0 Å². The monoisotopic (exact) mass is 1060 g/mol. The van der Waals surface area contributed by atoms with Gasteiger partial charge < -0.3 is 54.4 Å². The number of hydrogen-bond acceptors (Lipinski definition) is 13. The van der Waals surface area contributed by atoms with Crippen LogP contribution in [0.15, 0.2) is 152 Å². The molecule has 17 heteroatoms. The summed E-state index contributed by atoms with van der Waals surface area (Å²) < 4.78 is 43.9. The maximum absolute atomic E-state index is 14.8. The molecule has 4 N–H and O–H groups in total. The zero-order chi connectivity index (χ0) is 55.3. The standard InChI is InChI=1S/C60H72N4O13/c1-39(2)49(64-59(70)74-37-44-29-19-11-20-30-44)55(67)61-46(54(66)63-50(40(3)4)58(69)77-60(5,6)7)33-48(65)62-56-53(76-57(68)45-31-21-12-22-32-45)52(73-36-43-27-17-10-18-28-43)51(72-35-42-25-15-9-16-26-42)47(75-56)38-71-34-41-23-13-8-14-24-41/h8-32,39-40,46-47,49-53,56H,33-38H2,1-7H3,(H,61,67)(H,62,65)(H,63,66)(H,64,70)/t46-,47+,49-,50-,51-,52-,53+,56+/m0/s1. The number of carbonyl (C=O) groups excluding carboxylic acids is 6. The van der Waals surface area contributed by atoms with Crippen molar-refractivity contribution in [2.75, 3.05) is 6.61 Å². The summed E-state index contributed by atoms with van der Waals surface area (Å²) in [7, 11) is 0. The van der Waals surface area contributed by atoms with Crippen LogP contribution in [0.2, 0.25) is 0 Å². The minimum absolute atomic E-state index is 0.0299. The van der Waals surface area contributed by atoms with E-state index in [4.69, 9.17) is 33.2 Å². The molecule has 4 amide bonds. The Morgan fingerprint density at radius 2 is 1.03 bits per heavy atom. The summed E-state index contributed by atoms with van der Waals surface area (Å²) in [5, 5.41) is 10.8. The highest BCUT2D eigenvalue weighted by Gasteiger charge is 2.51. The van der Waals surface area contributed by atoms with Crippen molar-refractivity contribution in [3.05, 3.63) is 179 Å². The summed E-state index contributed by atoms with van der Waals surface area (Å²) in [6.45, 7) is 12.0. The number of amides is 4. The van der Waals surface area contributed by atoms with E-state index in [9.17, 15) is 28.8 Å². The molecule has 17 nitrogen and oxygen atoms in total. The number of ether oxygens (including phenoxy) is 7. The van der Waals surface area contributed by atoms with Crippen molar-refractivity contribution in [2.45, 2.75) is 136 Å². The van der Waals surface area contributed by atoms with E-state index < -0.39 is 108 Å². The SMILES string of the molecule is CC(C)[C@H](NC(=O)OCc1ccccc1)C(=O)N[C@@H](CC(=O)N[C@@H]1O[C@H](COCc2ccccc2)[C@H](OCc2ccccc2)[C@H](OCc2ccccc2)[C@H]1OC(=O)c1ccccc1)C(=O)N[C@H](C(=O)OC(C)(C)C)C(C)C. The fraction of sp³-hybridized carbons (Fsp3) is 0.400. The molecule has 0 radical (unpaired) electrons. The maximum atomic E-state index is 14.8. The lowest BCUT2D eigenvalue weighted by Gasteiger charge is -2.46. The zero-order valence-corrected chi connectivity index (χ0v) is 44.8. The quantitative estimate of drug-likeness (QED) is 0.0325. The molecular formula is C60H72N4O13. The van der Waals surface area contributed by atoms with Crippen LogP contribution in [0, 0.1) is 11.8 Å². The van der Waals surface area contributed by atoms with Crippen LogP contribution >= 0.6 is 0 Å². The summed E-state index contributed by atoms with van der Waals surface area (Å²) >= 11 is 0. The number of rotatable bonds is 25. The van der Waals surface area contributed by atoms with Gasteiger partial charge in [0, 0.05) is 0 Å². The van der Waals surface area contributed by atoms with Crippen LogP contribution in [0.1, 0.15) is 87.5 Å². The van der Waals surface area contributed by atoms with E-state index in [0.29, 0.717) is 0 Å². The first-order valence-electron chi connectivity index (χ1n) is 25.9. The molecule has 1 fully saturated rings. The maximum Gasteiger partial charge on any atom is 0.408 e. The van der Waals surface area contributed by atoms with Gasteiger partial charge in [-0.2, -0.15) is 0 Å². The van der Waals surface area contributed by atoms with Gasteiger partial charge in [-0.05, 0) is 67.0 Å². The van der Waals surface area contributed by atoms with E-state index in [1.54, 1.807) is 103 Å². The molecule has 8 atom stereocenters. The fourth-order valence-corrected chi connectivity index (χ4v) is 8.27. The molecule has 0 aromatic heterocycles.